The topological polar surface area (TPSA) is 75.5 Å². The highest BCUT2D eigenvalue weighted by atomic mass is 32.2. The second-order valence-corrected chi connectivity index (χ2v) is 6.55. The summed E-state index contributed by atoms with van der Waals surface area (Å²) < 4.78 is 29.5. The number of nitrogens with one attached hydrogen (secondary N) is 1. The van der Waals surface area contributed by atoms with Crippen molar-refractivity contribution in [3.63, 3.8) is 0 Å². The van der Waals surface area contributed by atoms with E-state index in [2.05, 4.69) is 9.88 Å². The summed E-state index contributed by atoms with van der Waals surface area (Å²) in [4.78, 5) is 6.42. The molecule has 0 amide bonds. The second-order valence-electron chi connectivity index (χ2n) is 5.60. The molecular formula is C16H20N3O3S-. The summed E-state index contributed by atoms with van der Waals surface area (Å²) >= 11 is 0. The van der Waals surface area contributed by atoms with E-state index in [0.29, 0.717) is 5.88 Å². The van der Waals surface area contributed by atoms with Gasteiger partial charge in [-0.3, -0.25) is 4.98 Å². The third-order valence-corrected chi connectivity index (χ3v) is 4.64. The Morgan fingerprint density at radius 1 is 1.35 bits per heavy atom. The quantitative estimate of drug-likeness (QED) is 0.851. The largest absolute Gasteiger partial charge is 0.497 e. The van der Waals surface area contributed by atoms with Gasteiger partial charge in [-0.2, -0.15) is 10.6 Å². The van der Waals surface area contributed by atoms with Gasteiger partial charge in [0.05, 0.1) is 12.6 Å². The highest BCUT2D eigenvalue weighted by Gasteiger charge is 2.20. The number of pyridine rings is 1. The molecule has 0 aliphatic carbocycles. The third-order valence-electron chi connectivity index (χ3n) is 4.04. The summed E-state index contributed by atoms with van der Waals surface area (Å²) in [7, 11) is 0.119. The van der Waals surface area contributed by atoms with E-state index < -0.39 is 10.6 Å². The van der Waals surface area contributed by atoms with E-state index in [4.69, 9.17) is 14.3 Å². The van der Waals surface area contributed by atoms with Gasteiger partial charge in [0.25, 0.3) is 0 Å². The molecule has 1 aliphatic rings. The van der Waals surface area contributed by atoms with Crippen molar-refractivity contribution < 1.29 is 13.7 Å². The first-order chi connectivity index (χ1) is 11.2. The number of likely N-dealkylation sites (tertiary alicyclic amines) is 1. The smallest absolute Gasteiger partial charge is 0.130 e. The fourth-order valence-corrected chi connectivity index (χ4v) is 3.42. The molecule has 7 heteroatoms. The van der Waals surface area contributed by atoms with Gasteiger partial charge in [-0.15, -0.1) is 0 Å². The van der Waals surface area contributed by atoms with Crippen LogP contribution in [0, 0.1) is 4.78 Å². The summed E-state index contributed by atoms with van der Waals surface area (Å²) in [5, 5.41) is 0.975. The van der Waals surface area contributed by atoms with Crippen molar-refractivity contribution in [1.82, 2.24) is 9.88 Å². The van der Waals surface area contributed by atoms with Gasteiger partial charge in [0.2, 0.25) is 0 Å². The predicted octanol–water partition coefficient (Wildman–Crippen LogP) is 2.77. The molecule has 0 saturated carbocycles. The van der Waals surface area contributed by atoms with Crippen LogP contribution in [0.3, 0.4) is 0 Å². The van der Waals surface area contributed by atoms with Crippen LogP contribution in [0.5, 0.6) is 11.5 Å². The molecule has 0 unspecified atom stereocenters. The van der Waals surface area contributed by atoms with E-state index in [1.54, 1.807) is 13.3 Å². The van der Waals surface area contributed by atoms with Gasteiger partial charge >= 0.3 is 0 Å². The zero-order chi connectivity index (χ0) is 16.2. The van der Waals surface area contributed by atoms with Crippen LogP contribution < -0.4 is 9.47 Å². The SMILES string of the molecule is COc1ccc2c(OC3CCN(C[S-](=N)=O)CC3)ccnc2c1. The number of fused-ring (bicyclic) bond motifs is 1. The molecule has 0 atom stereocenters. The van der Waals surface area contributed by atoms with Crippen LogP contribution in [0.2, 0.25) is 0 Å². The number of nitrogens with zero attached hydrogens (tertiary/aromatic N) is 2. The summed E-state index contributed by atoms with van der Waals surface area (Å²) in [5.41, 5.74) is 0.851. The number of aromatic nitrogens is 1. The average molecular weight is 334 g/mol. The van der Waals surface area contributed by atoms with Crippen LogP contribution in [0.1, 0.15) is 12.8 Å². The van der Waals surface area contributed by atoms with E-state index in [0.717, 1.165) is 48.3 Å². The molecule has 6 nitrogen and oxygen atoms in total. The van der Waals surface area contributed by atoms with Crippen LogP contribution in [0.4, 0.5) is 0 Å². The molecular weight excluding hydrogens is 314 g/mol. The molecule has 1 aromatic carbocycles. The van der Waals surface area contributed by atoms with E-state index in [9.17, 15) is 4.21 Å². The Kier molecular flexibility index (Phi) is 4.97. The number of piperidine rings is 1. The first kappa shape index (κ1) is 16.0. The summed E-state index contributed by atoms with van der Waals surface area (Å²) in [6.07, 6.45) is 3.63. The fourth-order valence-electron chi connectivity index (χ4n) is 2.83. The number of hydrogen-bond acceptors (Lipinski definition) is 7. The molecule has 1 aromatic heterocycles. The van der Waals surface area contributed by atoms with E-state index in [-0.39, 0.29) is 6.10 Å². The standard InChI is InChI=1S/C16H20N3O3S/c1-21-13-2-3-14-15(10-13)18-7-4-16(14)22-12-5-8-19(9-6-12)11-23(17)20/h2-4,7,10,12,17H,5-6,8-9,11H2,1H3/q-1. The minimum Gasteiger partial charge on any atom is -0.497 e. The van der Waals surface area contributed by atoms with Crippen molar-refractivity contribution in [3.05, 3.63) is 30.5 Å². The van der Waals surface area contributed by atoms with Gasteiger partial charge in [0.15, 0.2) is 0 Å². The van der Waals surface area contributed by atoms with Crippen LogP contribution in [-0.2, 0) is 14.8 Å². The molecule has 0 radical (unpaired) electrons. The third kappa shape index (κ3) is 3.92. The lowest BCUT2D eigenvalue weighted by atomic mass is 10.1. The molecule has 0 spiro atoms. The van der Waals surface area contributed by atoms with Gasteiger partial charge < -0.3 is 23.4 Å². The Morgan fingerprint density at radius 2 is 2.13 bits per heavy atom. The summed E-state index contributed by atoms with van der Waals surface area (Å²) in [6, 6.07) is 7.66. The number of ether oxygens (including phenoxy) is 2. The number of hydrogen-bond donors (Lipinski definition) is 1. The lowest BCUT2D eigenvalue weighted by molar-refractivity contribution is 0.112. The van der Waals surface area contributed by atoms with Crippen molar-refractivity contribution in [3.8, 4) is 11.5 Å². The van der Waals surface area contributed by atoms with Crippen LogP contribution in [-0.4, -0.2) is 42.1 Å². The maximum absolute atomic E-state index is 11.0. The molecule has 1 fully saturated rings. The molecule has 124 valence electrons. The van der Waals surface area contributed by atoms with Gasteiger partial charge in [-0.25, -0.2) is 0 Å². The van der Waals surface area contributed by atoms with Gasteiger partial charge in [-0.1, -0.05) is 0 Å². The van der Waals surface area contributed by atoms with Crippen molar-refractivity contribution in [2.24, 2.45) is 0 Å². The Labute approximate surface area is 137 Å². The Balaban J connectivity index is 1.70. The monoisotopic (exact) mass is 334 g/mol. The zero-order valence-electron chi connectivity index (χ0n) is 13.0. The molecule has 2 aromatic rings. The van der Waals surface area contributed by atoms with Gasteiger partial charge in [-0.05, 0) is 50.0 Å². The van der Waals surface area contributed by atoms with Crippen LogP contribution in [0.25, 0.3) is 10.9 Å². The van der Waals surface area contributed by atoms with Gasteiger partial charge in [0, 0.05) is 17.6 Å². The predicted molar refractivity (Wildman–Crippen MR) is 89.2 cm³/mol. The lowest BCUT2D eigenvalue weighted by Gasteiger charge is -2.33. The van der Waals surface area contributed by atoms with Crippen LogP contribution in [0.15, 0.2) is 30.5 Å². The Hall–Kier alpha value is -1.86. The van der Waals surface area contributed by atoms with E-state index in [1.807, 2.05) is 24.3 Å². The number of methoxy groups -OCH3 is 1. The maximum atomic E-state index is 11.0. The molecule has 23 heavy (non-hydrogen) atoms. The lowest BCUT2D eigenvalue weighted by Crippen LogP contribution is -2.38. The second kappa shape index (κ2) is 7.14. The minimum absolute atomic E-state index is 0.137. The van der Waals surface area contributed by atoms with Crippen molar-refractivity contribution in [2.45, 2.75) is 18.9 Å². The normalized spacial score (nSPS) is 16.8. The molecule has 2 heterocycles. The molecule has 1 aliphatic heterocycles. The summed E-state index contributed by atoms with van der Waals surface area (Å²) in [6.45, 7) is 1.62. The first-order valence-corrected chi connectivity index (χ1v) is 8.89. The summed E-state index contributed by atoms with van der Waals surface area (Å²) in [5.74, 6) is 1.93. The Bertz CT molecular complexity index is 747. The van der Waals surface area contributed by atoms with Crippen molar-refractivity contribution >= 4 is 21.5 Å². The first-order valence-electron chi connectivity index (χ1n) is 7.57. The van der Waals surface area contributed by atoms with Crippen molar-refractivity contribution in [2.75, 3.05) is 26.1 Å². The van der Waals surface area contributed by atoms with Crippen LogP contribution >= 0.6 is 0 Å². The minimum atomic E-state index is -1.52. The maximum Gasteiger partial charge on any atom is 0.130 e. The number of benzene rings is 1. The fraction of sp³-hybridized carbons (Fsp3) is 0.438. The molecule has 3 rings (SSSR count). The zero-order valence-corrected chi connectivity index (χ0v) is 13.8. The van der Waals surface area contributed by atoms with Crippen molar-refractivity contribution in [1.29, 1.82) is 4.78 Å². The highest BCUT2D eigenvalue weighted by molar-refractivity contribution is 7.73. The average Bonchev–Trinajstić information content (AvgIpc) is 2.56. The molecule has 1 saturated heterocycles. The van der Waals surface area contributed by atoms with E-state index in [1.165, 1.54) is 0 Å². The highest BCUT2D eigenvalue weighted by Crippen LogP contribution is 2.29. The van der Waals surface area contributed by atoms with E-state index >= 15 is 0 Å². The Morgan fingerprint density at radius 3 is 2.83 bits per heavy atom. The molecule has 0 bridgehead atoms. The van der Waals surface area contributed by atoms with Gasteiger partial charge in [0.1, 0.15) is 17.6 Å². The number of rotatable bonds is 5. The molecule has 1 N–H and O–H groups in total.